The molecule has 0 aromatic carbocycles. The number of carbonyl (C=O) groups excluding carboxylic acids is 1. The highest BCUT2D eigenvalue weighted by Gasteiger charge is 2.11. The molecule has 0 bridgehead atoms. The first-order chi connectivity index (χ1) is 8.24. The maximum atomic E-state index is 11.5. The quantitative estimate of drug-likeness (QED) is 0.827. The molecule has 1 aromatic heterocycles. The maximum absolute atomic E-state index is 11.5. The van der Waals surface area contributed by atoms with Crippen molar-refractivity contribution in [2.75, 3.05) is 31.5 Å². The van der Waals surface area contributed by atoms with Gasteiger partial charge in [0.25, 0.3) is 0 Å². The Labute approximate surface area is 100 Å². The van der Waals surface area contributed by atoms with Crippen molar-refractivity contribution < 1.29 is 9.32 Å². The van der Waals surface area contributed by atoms with E-state index in [1.807, 2.05) is 0 Å². The lowest BCUT2D eigenvalue weighted by molar-refractivity contribution is 0.249. The van der Waals surface area contributed by atoms with Crippen LogP contribution in [0, 0.1) is 6.92 Å². The average Bonchev–Trinajstić information content (AvgIpc) is 2.90. The number of aromatic nitrogens is 1. The van der Waals surface area contributed by atoms with Crippen molar-refractivity contribution in [3.8, 4) is 0 Å². The Morgan fingerprint density at radius 1 is 1.53 bits per heavy atom. The van der Waals surface area contributed by atoms with Crippen LogP contribution in [0.25, 0.3) is 0 Å². The molecule has 0 radical (unpaired) electrons. The zero-order chi connectivity index (χ0) is 12.1. The fourth-order valence-corrected chi connectivity index (χ4v) is 1.92. The molecule has 0 spiro atoms. The van der Waals surface area contributed by atoms with E-state index in [-0.39, 0.29) is 6.03 Å². The number of nitrogens with zero attached hydrogens (tertiary/aromatic N) is 2. The Bertz CT molecular complexity index is 371. The van der Waals surface area contributed by atoms with Crippen molar-refractivity contribution in [3.05, 3.63) is 11.8 Å². The number of urea groups is 1. The van der Waals surface area contributed by atoms with Gasteiger partial charge in [-0.3, -0.25) is 5.32 Å². The first-order valence-electron chi connectivity index (χ1n) is 5.94. The molecule has 2 amide bonds. The normalized spacial score (nSPS) is 16.1. The largest absolute Gasteiger partial charge is 0.360 e. The molecule has 2 rings (SSSR count). The zero-order valence-electron chi connectivity index (χ0n) is 10.0. The van der Waals surface area contributed by atoms with E-state index >= 15 is 0 Å². The van der Waals surface area contributed by atoms with Crippen LogP contribution < -0.4 is 10.6 Å². The number of likely N-dealkylation sites (tertiary alicyclic amines) is 1. The van der Waals surface area contributed by atoms with E-state index in [4.69, 9.17) is 4.52 Å². The molecule has 1 fully saturated rings. The zero-order valence-corrected chi connectivity index (χ0v) is 10.0. The SMILES string of the molecule is Cc1cc(NC(=O)NCCN2CCCC2)no1. The predicted octanol–water partition coefficient (Wildman–Crippen LogP) is 1.20. The number of anilines is 1. The van der Waals surface area contributed by atoms with E-state index in [2.05, 4.69) is 20.7 Å². The van der Waals surface area contributed by atoms with Gasteiger partial charge in [0.15, 0.2) is 5.82 Å². The molecule has 6 nitrogen and oxygen atoms in total. The van der Waals surface area contributed by atoms with Gasteiger partial charge in [0.2, 0.25) is 0 Å². The fourth-order valence-electron chi connectivity index (χ4n) is 1.92. The summed E-state index contributed by atoms with van der Waals surface area (Å²) >= 11 is 0. The number of hydrogen-bond acceptors (Lipinski definition) is 4. The summed E-state index contributed by atoms with van der Waals surface area (Å²) in [7, 11) is 0. The molecule has 1 aliphatic rings. The lowest BCUT2D eigenvalue weighted by atomic mass is 10.4. The summed E-state index contributed by atoms with van der Waals surface area (Å²) in [6, 6.07) is 1.44. The minimum absolute atomic E-state index is 0.238. The summed E-state index contributed by atoms with van der Waals surface area (Å²) < 4.78 is 4.85. The van der Waals surface area contributed by atoms with Gasteiger partial charge in [0.05, 0.1) is 0 Å². The Hall–Kier alpha value is -1.56. The lowest BCUT2D eigenvalue weighted by Crippen LogP contribution is -2.36. The third-order valence-corrected chi connectivity index (χ3v) is 2.78. The Balaban J connectivity index is 1.63. The van der Waals surface area contributed by atoms with Crippen molar-refractivity contribution in [2.24, 2.45) is 0 Å². The molecule has 0 unspecified atom stereocenters. The van der Waals surface area contributed by atoms with Gasteiger partial charge in [-0.05, 0) is 32.9 Å². The summed E-state index contributed by atoms with van der Waals surface area (Å²) in [6.07, 6.45) is 2.54. The Kier molecular flexibility index (Phi) is 3.98. The molecule has 94 valence electrons. The Morgan fingerprint density at radius 3 is 2.94 bits per heavy atom. The van der Waals surface area contributed by atoms with Gasteiger partial charge in [-0.15, -0.1) is 0 Å². The second-order valence-corrected chi connectivity index (χ2v) is 4.25. The molecule has 0 saturated carbocycles. The summed E-state index contributed by atoms with van der Waals surface area (Å²) in [5.41, 5.74) is 0. The standard InChI is InChI=1S/C11H18N4O2/c1-9-8-10(14-17-9)13-11(16)12-4-7-15-5-2-3-6-15/h8H,2-7H2,1H3,(H2,12,13,14,16). The van der Waals surface area contributed by atoms with Crippen LogP contribution >= 0.6 is 0 Å². The average molecular weight is 238 g/mol. The van der Waals surface area contributed by atoms with Gasteiger partial charge < -0.3 is 14.7 Å². The molecule has 2 N–H and O–H groups in total. The summed E-state index contributed by atoms with van der Waals surface area (Å²) in [5, 5.41) is 9.09. The highest BCUT2D eigenvalue weighted by atomic mass is 16.5. The monoisotopic (exact) mass is 238 g/mol. The van der Waals surface area contributed by atoms with Crippen LogP contribution in [0.1, 0.15) is 18.6 Å². The molecule has 1 saturated heterocycles. The van der Waals surface area contributed by atoms with Crippen LogP contribution in [0.15, 0.2) is 10.6 Å². The minimum atomic E-state index is -0.238. The van der Waals surface area contributed by atoms with Crippen molar-refractivity contribution in [1.82, 2.24) is 15.4 Å². The van der Waals surface area contributed by atoms with Gasteiger partial charge in [0.1, 0.15) is 5.76 Å². The van der Waals surface area contributed by atoms with Crippen molar-refractivity contribution >= 4 is 11.8 Å². The molecule has 2 heterocycles. The summed E-state index contributed by atoms with van der Waals surface area (Å²) in [5.74, 6) is 1.12. The highest BCUT2D eigenvalue weighted by Crippen LogP contribution is 2.07. The smallest absolute Gasteiger partial charge is 0.320 e. The second kappa shape index (κ2) is 5.67. The number of nitrogens with one attached hydrogen (secondary N) is 2. The van der Waals surface area contributed by atoms with Crippen LogP contribution in [0.4, 0.5) is 10.6 Å². The van der Waals surface area contributed by atoms with Crippen molar-refractivity contribution in [1.29, 1.82) is 0 Å². The van der Waals surface area contributed by atoms with Gasteiger partial charge in [0, 0.05) is 19.2 Å². The molecular formula is C11H18N4O2. The second-order valence-electron chi connectivity index (χ2n) is 4.25. The van der Waals surface area contributed by atoms with Crippen LogP contribution in [-0.4, -0.2) is 42.3 Å². The first kappa shape index (κ1) is 11.9. The fraction of sp³-hybridized carbons (Fsp3) is 0.636. The molecular weight excluding hydrogens is 220 g/mol. The number of amides is 2. The number of aryl methyl sites for hydroxylation is 1. The van der Waals surface area contributed by atoms with Gasteiger partial charge in [-0.2, -0.15) is 0 Å². The number of rotatable bonds is 4. The van der Waals surface area contributed by atoms with E-state index in [0.29, 0.717) is 18.1 Å². The van der Waals surface area contributed by atoms with Gasteiger partial charge >= 0.3 is 6.03 Å². The molecule has 6 heteroatoms. The van der Waals surface area contributed by atoms with E-state index < -0.39 is 0 Å². The lowest BCUT2D eigenvalue weighted by Gasteiger charge is -2.14. The summed E-state index contributed by atoms with van der Waals surface area (Å²) in [4.78, 5) is 13.8. The molecule has 0 atom stereocenters. The third kappa shape index (κ3) is 3.74. The van der Waals surface area contributed by atoms with Crippen molar-refractivity contribution in [3.63, 3.8) is 0 Å². The van der Waals surface area contributed by atoms with E-state index in [1.165, 1.54) is 12.8 Å². The van der Waals surface area contributed by atoms with E-state index in [1.54, 1.807) is 13.0 Å². The molecule has 17 heavy (non-hydrogen) atoms. The number of hydrogen-bond donors (Lipinski definition) is 2. The van der Waals surface area contributed by atoms with Crippen LogP contribution in [-0.2, 0) is 0 Å². The molecule has 1 aliphatic heterocycles. The maximum Gasteiger partial charge on any atom is 0.320 e. The number of carbonyl (C=O) groups is 1. The van der Waals surface area contributed by atoms with E-state index in [9.17, 15) is 4.79 Å². The topological polar surface area (TPSA) is 70.4 Å². The predicted molar refractivity (Wildman–Crippen MR) is 63.9 cm³/mol. The highest BCUT2D eigenvalue weighted by molar-refractivity contribution is 5.88. The molecule has 0 aliphatic carbocycles. The third-order valence-electron chi connectivity index (χ3n) is 2.78. The van der Waals surface area contributed by atoms with Gasteiger partial charge in [-0.1, -0.05) is 5.16 Å². The van der Waals surface area contributed by atoms with Gasteiger partial charge in [-0.25, -0.2) is 4.79 Å². The first-order valence-corrected chi connectivity index (χ1v) is 5.94. The van der Waals surface area contributed by atoms with Crippen LogP contribution in [0.5, 0.6) is 0 Å². The summed E-state index contributed by atoms with van der Waals surface area (Å²) in [6.45, 7) is 5.63. The Morgan fingerprint density at radius 2 is 2.29 bits per heavy atom. The minimum Gasteiger partial charge on any atom is -0.360 e. The van der Waals surface area contributed by atoms with Crippen molar-refractivity contribution in [2.45, 2.75) is 19.8 Å². The van der Waals surface area contributed by atoms with Crippen LogP contribution in [0.2, 0.25) is 0 Å². The van der Waals surface area contributed by atoms with E-state index in [0.717, 1.165) is 19.6 Å². The molecule has 1 aromatic rings. The van der Waals surface area contributed by atoms with Crippen LogP contribution in [0.3, 0.4) is 0 Å².